The topological polar surface area (TPSA) is 64.3 Å². The van der Waals surface area contributed by atoms with Crippen molar-refractivity contribution >= 4 is 17.2 Å². The van der Waals surface area contributed by atoms with Gasteiger partial charge in [-0.1, -0.05) is 12.1 Å². The summed E-state index contributed by atoms with van der Waals surface area (Å²) < 4.78 is 5.99. The smallest absolute Gasteiger partial charge is 0.275 e. The minimum absolute atomic E-state index is 0.266. The van der Waals surface area contributed by atoms with Crippen molar-refractivity contribution in [3.8, 4) is 5.75 Å². The van der Waals surface area contributed by atoms with Crippen LogP contribution in [0.5, 0.6) is 5.75 Å². The molecule has 0 atom stereocenters. The molecule has 1 amide bonds. The number of hydrogen-bond acceptors (Lipinski definition) is 4. The van der Waals surface area contributed by atoms with Crippen LogP contribution in [-0.4, -0.2) is 5.91 Å². The van der Waals surface area contributed by atoms with E-state index in [2.05, 4.69) is 31.4 Å². The van der Waals surface area contributed by atoms with Crippen LogP contribution in [0.1, 0.15) is 36.8 Å². The summed E-state index contributed by atoms with van der Waals surface area (Å²) in [5.41, 5.74) is 6.65. The highest BCUT2D eigenvalue weighted by molar-refractivity contribution is 7.14. The number of nitrogens with two attached hydrogens (primary N) is 1. The lowest BCUT2D eigenvalue weighted by molar-refractivity contribution is 0.0957. The molecule has 0 saturated heterocycles. The average molecular weight is 304 g/mol. The van der Waals surface area contributed by atoms with Gasteiger partial charge < -0.3 is 4.74 Å². The Morgan fingerprint density at radius 3 is 2.57 bits per heavy atom. The Bertz CT molecular complexity index is 677. The van der Waals surface area contributed by atoms with Crippen molar-refractivity contribution in [1.82, 2.24) is 5.43 Å². The number of nitrogens with one attached hydrogen (secondary N) is 1. The van der Waals surface area contributed by atoms with E-state index < -0.39 is 0 Å². The second-order valence-corrected chi connectivity index (χ2v) is 6.36. The number of hydrogen-bond donors (Lipinski definition) is 2. The molecule has 0 aliphatic rings. The number of nitrogen functional groups attached to an aromatic ring is 1. The van der Waals surface area contributed by atoms with E-state index in [1.165, 1.54) is 16.9 Å². The van der Waals surface area contributed by atoms with Crippen molar-refractivity contribution in [1.29, 1.82) is 0 Å². The van der Waals surface area contributed by atoms with Gasteiger partial charge in [-0.15, -0.1) is 11.3 Å². The number of rotatable bonds is 4. The molecule has 4 nitrogen and oxygen atoms in total. The molecule has 2 rings (SSSR count). The molecule has 0 aliphatic carbocycles. The van der Waals surface area contributed by atoms with Gasteiger partial charge in [0.1, 0.15) is 12.4 Å². The fourth-order valence-corrected chi connectivity index (χ4v) is 3.08. The molecule has 1 heterocycles. The van der Waals surface area contributed by atoms with Crippen molar-refractivity contribution < 1.29 is 9.53 Å². The quantitative estimate of drug-likeness (QED) is 0.518. The SMILES string of the molecule is Cc1ccc(C)c(OCc2cc(C(=O)NN)sc2C)c1C. The molecule has 0 spiro atoms. The number of thiophene rings is 1. The number of ether oxygens (including phenoxy) is 1. The second kappa shape index (κ2) is 6.28. The molecular formula is C16H20N2O2S. The summed E-state index contributed by atoms with van der Waals surface area (Å²) in [6, 6.07) is 5.99. The van der Waals surface area contributed by atoms with E-state index in [0.717, 1.165) is 27.3 Å². The van der Waals surface area contributed by atoms with Gasteiger partial charge in [0, 0.05) is 10.4 Å². The summed E-state index contributed by atoms with van der Waals surface area (Å²) in [6.45, 7) is 8.60. The van der Waals surface area contributed by atoms with E-state index in [-0.39, 0.29) is 5.91 Å². The zero-order valence-corrected chi connectivity index (χ0v) is 13.6. The Hall–Kier alpha value is -1.85. The summed E-state index contributed by atoms with van der Waals surface area (Å²) in [5, 5.41) is 0. The minimum Gasteiger partial charge on any atom is -0.488 e. The molecular weight excluding hydrogens is 284 g/mol. The van der Waals surface area contributed by atoms with Crippen LogP contribution < -0.4 is 16.0 Å². The molecule has 1 aromatic carbocycles. The van der Waals surface area contributed by atoms with Crippen molar-refractivity contribution in [2.45, 2.75) is 34.3 Å². The molecule has 0 bridgehead atoms. The lowest BCUT2D eigenvalue weighted by Crippen LogP contribution is -2.29. The standard InChI is InChI=1S/C16H20N2O2S/c1-9-5-6-10(2)15(11(9)3)20-8-13-7-14(16(19)18-17)21-12(13)4/h5-7H,8,17H2,1-4H3,(H,18,19). The van der Waals surface area contributed by atoms with Crippen LogP contribution in [0.25, 0.3) is 0 Å². The summed E-state index contributed by atoms with van der Waals surface area (Å²) in [5.74, 6) is 5.82. The largest absolute Gasteiger partial charge is 0.488 e. The molecule has 3 N–H and O–H groups in total. The molecule has 0 fully saturated rings. The first-order chi connectivity index (χ1) is 9.93. The number of aryl methyl sites for hydroxylation is 3. The van der Waals surface area contributed by atoms with Crippen LogP contribution in [-0.2, 0) is 6.61 Å². The summed E-state index contributed by atoms with van der Waals surface area (Å²) in [7, 11) is 0. The van der Waals surface area contributed by atoms with Crippen LogP contribution in [0, 0.1) is 27.7 Å². The number of benzene rings is 1. The zero-order chi connectivity index (χ0) is 15.6. The van der Waals surface area contributed by atoms with E-state index in [1.54, 1.807) is 0 Å². The summed E-state index contributed by atoms with van der Waals surface area (Å²) in [6.07, 6.45) is 0. The minimum atomic E-state index is -0.266. The molecule has 112 valence electrons. The highest BCUT2D eigenvalue weighted by Gasteiger charge is 2.13. The van der Waals surface area contributed by atoms with Gasteiger partial charge >= 0.3 is 0 Å². The zero-order valence-electron chi connectivity index (χ0n) is 12.7. The number of hydrazine groups is 1. The van der Waals surface area contributed by atoms with Gasteiger partial charge in [0.25, 0.3) is 5.91 Å². The maximum absolute atomic E-state index is 11.5. The molecule has 0 saturated carbocycles. The Balaban J connectivity index is 2.19. The third kappa shape index (κ3) is 3.25. The second-order valence-electron chi connectivity index (χ2n) is 5.11. The maximum Gasteiger partial charge on any atom is 0.275 e. The third-order valence-electron chi connectivity index (χ3n) is 3.62. The predicted octanol–water partition coefficient (Wildman–Crippen LogP) is 3.16. The van der Waals surface area contributed by atoms with E-state index in [1.807, 2.05) is 19.9 Å². The van der Waals surface area contributed by atoms with Gasteiger partial charge in [0.15, 0.2) is 0 Å². The first kappa shape index (κ1) is 15.5. The summed E-state index contributed by atoms with van der Waals surface area (Å²) >= 11 is 1.42. The molecule has 0 radical (unpaired) electrons. The Kier molecular flexibility index (Phi) is 4.65. The van der Waals surface area contributed by atoms with Gasteiger partial charge in [-0.25, -0.2) is 5.84 Å². The van der Waals surface area contributed by atoms with E-state index >= 15 is 0 Å². The van der Waals surface area contributed by atoms with E-state index in [9.17, 15) is 4.79 Å². The van der Waals surface area contributed by atoms with E-state index in [4.69, 9.17) is 10.6 Å². The van der Waals surface area contributed by atoms with Gasteiger partial charge in [0.05, 0.1) is 4.88 Å². The maximum atomic E-state index is 11.5. The highest BCUT2D eigenvalue weighted by atomic mass is 32.1. The number of amides is 1. The summed E-state index contributed by atoms with van der Waals surface area (Å²) in [4.78, 5) is 13.2. The first-order valence-corrected chi connectivity index (χ1v) is 7.55. The van der Waals surface area contributed by atoms with Crippen molar-refractivity contribution in [3.05, 3.63) is 50.2 Å². The fraction of sp³-hybridized carbons (Fsp3) is 0.312. The van der Waals surface area contributed by atoms with Crippen molar-refractivity contribution in [2.24, 2.45) is 5.84 Å². The van der Waals surface area contributed by atoms with Gasteiger partial charge in [0.2, 0.25) is 0 Å². The van der Waals surface area contributed by atoms with E-state index in [0.29, 0.717) is 11.5 Å². The third-order valence-corrected chi connectivity index (χ3v) is 4.71. The van der Waals surface area contributed by atoms with Crippen LogP contribution in [0.4, 0.5) is 0 Å². The van der Waals surface area contributed by atoms with Crippen molar-refractivity contribution in [3.63, 3.8) is 0 Å². The Morgan fingerprint density at radius 2 is 1.90 bits per heavy atom. The lowest BCUT2D eigenvalue weighted by atomic mass is 10.1. The predicted molar refractivity (Wildman–Crippen MR) is 85.7 cm³/mol. The van der Waals surface area contributed by atoms with Crippen LogP contribution in [0.15, 0.2) is 18.2 Å². The van der Waals surface area contributed by atoms with Gasteiger partial charge in [-0.3, -0.25) is 10.2 Å². The normalized spacial score (nSPS) is 10.5. The van der Waals surface area contributed by atoms with Gasteiger partial charge in [-0.05, 0) is 50.5 Å². The highest BCUT2D eigenvalue weighted by Crippen LogP contribution is 2.28. The fourth-order valence-electron chi connectivity index (χ4n) is 2.14. The molecule has 2 aromatic rings. The number of carbonyl (C=O) groups excluding carboxylic acids is 1. The molecule has 5 heteroatoms. The van der Waals surface area contributed by atoms with Crippen molar-refractivity contribution in [2.75, 3.05) is 0 Å². The Morgan fingerprint density at radius 1 is 1.24 bits per heavy atom. The van der Waals surface area contributed by atoms with Crippen LogP contribution >= 0.6 is 11.3 Å². The molecule has 1 aromatic heterocycles. The van der Waals surface area contributed by atoms with Crippen LogP contribution in [0.3, 0.4) is 0 Å². The Labute approximate surface area is 128 Å². The first-order valence-electron chi connectivity index (χ1n) is 6.74. The molecule has 0 unspecified atom stereocenters. The van der Waals surface area contributed by atoms with Crippen LogP contribution in [0.2, 0.25) is 0 Å². The lowest BCUT2D eigenvalue weighted by Gasteiger charge is -2.13. The molecule has 0 aliphatic heterocycles. The monoisotopic (exact) mass is 304 g/mol. The average Bonchev–Trinajstić information content (AvgIpc) is 2.83. The molecule has 21 heavy (non-hydrogen) atoms. The number of carbonyl (C=O) groups is 1. The van der Waals surface area contributed by atoms with Gasteiger partial charge in [-0.2, -0.15) is 0 Å².